The monoisotopic (exact) mass is 411 g/mol. The number of morpholine rings is 1. The minimum Gasteiger partial charge on any atom is -0.465 e. The number of ether oxygens (including phenoxy) is 1. The zero-order chi connectivity index (χ0) is 21.2. The van der Waals surface area contributed by atoms with Crippen LogP contribution in [-0.4, -0.2) is 49.1 Å². The highest BCUT2D eigenvalue weighted by atomic mass is 16.5. The first-order valence-electron chi connectivity index (χ1n) is 10.3. The second-order valence-electron chi connectivity index (χ2n) is 7.40. The molecule has 0 radical (unpaired) electrons. The van der Waals surface area contributed by atoms with Crippen molar-refractivity contribution in [3.63, 3.8) is 0 Å². The van der Waals surface area contributed by atoms with Crippen molar-refractivity contribution in [1.82, 2.24) is 15.5 Å². The summed E-state index contributed by atoms with van der Waals surface area (Å²) in [7, 11) is 0. The summed E-state index contributed by atoms with van der Waals surface area (Å²) in [4.78, 5) is 26.2. The summed E-state index contributed by atoms with van der Waals surface area (Å²) in [6.45, 7) is 6.37. The number of benzene rings is 1. The van der Waals surface area contributed by atoms with Crippen LogP contribution < -0.4 is 10.6 Å². The Kier molecular flexibility index (Phi) is 8.23. The quantitative estimate of drug-likeness (QED) is 0.619. The minimum absolute atomic E-state index is 0.0993. The standard InChI is InChI=1S/C23H29N3O4/c1-18-16-26(11-13-29-18)17-20-5-2-4-19(14-20)15-25-23(28)9-10-24-22(27)8-7-21-6-3-12-30-21/h2-8,12,14,18H,9-11,13,15-17H2,1H3,(H,24,27)(H,25,28). The van der Waals surface area contributed by atoms with E-state index in [9.17, 15) is 9.59 Å². The normalized spacial score (nSPS) is 17.2. The largest absolute Gasteiger partial charge is 0.465 e. The molecule has 1 aromatic heterocycles. The first-order chi connectivity index (χ1) is 14.6. The summed E-state index contributed by atoms with van der Waals surface area (Å²) in [6, 6.07) is 11.8. The van der Waals surface area contributed by atoms with Crippen LogP contribution in [0.15, 0.2) is 53.2 Å². The molecule has 1 unspecified atom stereocenters. The lowest BCUT2D eigenvalue weighted by Crippen LogP contribution is -2.40. The van der Waals surface area contributed by atoms with E-state index in [2.05, 4.69) is 34.6 Å². The van der Waals surface area contributed by atoms with Gasteiger partial charge in [0.1, 0.15) is 5.76 Å². The Bertz CT molecular complexity index is 848. The highest BCUT2D eigenvalue weighted by molar-refractivity contribution is 5.91. The van der Waals surface area contributed by atoms with Crippen LogP contribution in [0.25, 0.3) is 6.08 Å². The molecule has 1 aliphatic rings. The molecule has 30 heavy (non-hydrogen) atoms. The van der Waals surface area contributed by atoms with Gasteiger partial charge < -0.3 is 19.8 Å². The number of nitrogens with zero attached hydrogens (tertiary/aromatic N) is 1. The molecule has 1 atom stereocenters. The number of rotatable bonds is 9. The Morgan fingerprint density at radius 1 is 1.20 bits per heavy atom. The van der Waals surface area contributed by atoms with Gasteiger partial charge in [-0.25, -0.2) is 0 Å². The zero-order valence-corrected chi connectivity index (χ0v) is 17.3. The second-order valence-corrected chi connectivity index (χ2v) is 7.40. The average Bonchev–Trinajstić information content (AvgIpc) is 3.25. The molecule has 0 spiro atoms. The second kappa shape index (κ2) is 11.3. The van der Waals surface area contributed by atoms with Crippen molar-refractivity contribution in [2.45, 2.75) is 32.5 Å². The predicted octanol–water partition coefficient (Wildman–Crippen LogP) is 2.34. The highest BCUT2D eigenvalue weighted by Gasteiger charge is 2.16. The first-order valence-corrected chi connectivity index (χ1v) is 10.3. The Morgan fingerprint density at radius 3 is 2.87 bits per heavy atom. The van der Waals surface area contributed by atoms with Gasteiger partial charge in [-0.1, -0.05) is 24.3 Å². The van der Waals surface area contributed by atoms with E-state index in [1.54, 1.807) is 24.5 Å². The van der Waals surface area contributed by atoms with Gasteiger partial charge in [0, 0.05) is 45.2 Å². The SMILES string of the molecule is CC1CN(Cc2cccc(CNC(=O)CCNC(=O)C=Cc3ccco3)c2)CCO1. The highest BCUT2D eigenvalue weighted by Crippen LogP contribution is 2.12. The number of hydrogen-bond acceptors (Lipinski definition) is 5. The van der Waals surface area contributed by atoms with Crippen LogP contribution in [0.4, 0.5) is 0 Å². The van der Waals surface area contributed by atoms with Crippen molar-refractivity contribution in [1.29, 1.82) is 0 Å². The summed E-state index contributed by atoms with van der Waals surface area (Å²) >= 11 is 0. The number of furan rings is 1. The van der Waals surface area contributed by atoms with Crippen LogP contribution in [0.5, 0.6) is 0 Å². The average molecular weight is 412 g/mol. The molecule has 160 valence electrons. The number of carbonyl (C=O) groups excluding carboxylic acids is 2. The van der Waals surface area contributed by atoms with E-state index < -0.39 is 0 Å². The van der Waals surface area contributed by atoms with Crippen molar-refractivity contribution in [2.75, 3.05) is 26.2 Å². The first kappa shape index (κ1) is 21.8. The third-order valence-electron chi connectivity index (χ3n) is 4.81. The van der Waals surface area contributed by atoms with Gasteiger partial charge >= 0.3 is 0 Å². The van der Waals surface area contributed by atoms with E-state index in [0.29, 0.717) is 12.3 Å². The molecule has 2 aromatic rings. The predicted molar refractivity (Wildman–Crippen MR) is 114 cm³/mol. The van der Waals surface area contributed by atoms with Crippen LogP contribution in [0.1, 0.15) is 30.2 Å². The summed E-state index contributed by atoms with van der Waals surface area (Å²) in [6.07, 6.45) is 5.01. The maximum atomic E-state index is 12.1. The number of carbonyl (C=O) groups is 2. The molecule has 2 heterocycles. The fraction of sp³-hybridized carbons (Fsp3) is 0.391. The van der Waals surface area contributed by atoms with Gasteiger partial charge in [-0.2, -0.15) is 0 Å². The van der Waals surface area contributed by atoms with Gasteiger partial charge in [-0.3, -0.25) is 14.5 Å². The summed E-state index contributed by atoms with van der Waals surface area (Å²) in [5, 5.41) is 5.60. The smallest absolute Gasteiger partial charge is 0.244 e. The van der Waals surface area contributed by atoms with Crippen LogP contribution in [0.3, 0.4) is 0 Å². The van der Waals surface area contributed by atoms with Crippen molar-refractivity contribution in [2.24, 2.45) is 0 Å². The van der Waals surface area contributed by atoms with Crippen molar-refractivity contribution >= 4 is 17.9 Å². The lowest BCUT2D eigenvalue weighted by molar-refractivity contribution is -0.121. The molecule has 7 heteroatoms. The molecule has 0 aliphatic carbocycles. The molecule has 3 rings (SSSR count). The Balaban J connectivity index is 1.35. The fourth-order valence-electron chi connectivity index (χ4n) is 3.32. The number of amides is 2. The van der Waals surface area contributed by atoms with Crippen LogP contribution in [0, 0.1) is 0 Å². The van der Waals surface area contributed by atoms with E-state index in [-0.39, 0.29) is 30.9 Å². The van der Waals surface area contributed by atoms with E-state index in [4.69, 9.17) is 9.15 Å². The Labute approximate surface area is 177 Å². The molecule has 1 saturated heterocycles. The molecule has 0 saturated carbocycles. The van der Waals surface area contributed by atoms with Crippen LogP contribution in [-0.2, 0) is 27.4 Å². The van der Waals surface area contributed by atoms with Gasteiger partial charge in [0.15, 0.2) is 0 Å². The van der Waals surface area contributed by atoms with Gasteiger partial charge in [0.2, 0.25) is 11.8 Å². The van der Waals surface area contributed by atoms with E-state index >= 15 is 0 Å². The number of hydrogen-bond donors (Lipinski definition) is 2. The Hall–Kier alpha value is -2.90. The Morgan fingerprint density at radius 2 is 2.07 bits per heavy atom. The molecule has 2 amide bonds. The van der Waals surface area contributed by atoms with Crippen molar-refractivity contribution < 1.29 is 18.7 Å². The maximum Gasteiger partial charge on any atom is 0.244 e. The fourth-order valence-corrected chi connectivity index (χ4v) is 3.32. The van der Waals surface area contributed by atoms with Crippen LogP contribution >= 0.6 is 0 Å². The molecule has 7 nitrogen and oxygen atoms in total. The van der Waals surface area contributed by atoms with Crippen molar-refractivity contribution in [3.05, 3.63) is 65.6 Å². The number of nitrogens with one attached hydrogen (secondary N) is 2. The lowest BCUT2D eigenvalue weighted by Gasteiger charge is -2.31. The van der Waals surface area contributed by atoms with E-state index in [1.807, 2.05) is 12.1 Å². The van der Waals surface area contributed by atoms with Gasteiger partial charge in [0.05, 0.1) is 19.0 Å². The van der Waals surface area contributed by atoms with Crippen LogP contribution in [0.2, 0.25) is 0 Å². The third-order valence-corrected chi connectivity index (χ3v) is 4.81. The van der Waals surface area contributed by atoms with Gasteiger partial charge in [0.25, 0.3) is 0 Å². The lowest BCUT2D eigenvalue weighted by atomic mass is 10.1. The summed E-state index contributed by atoms with van der Waals surface area (Å²) < 4.78 is 10.7. The molecule has 1 aromatic carbocycles. The molecular formula is C23H29N3O4. The molecule has 1 fully saturated rings. The zero-order valence-electron chi connectivity index (χ0n) is 17.3. The van der Waals surface area contributed by atoms with E-state index in [1.165, 1.54) is 11.6 Å². The molecule has 0 bridgehead atoms. The van der Waals surface area contributed by atoms with E-state index in [0.717, 1.165) is 31.8 Å². The molecule has 2 N–H and O–H groups in total. The maximum absolute atomic E-state index is 12.1. The molecule has 1 aliphatic heterocycles. The summed E-state index contributed by atoms with van der Waals surface area (Å²) in [5.74, 6) is 0.246. The third kappa shape index (κ3) is 7.50. The molecular weight excluding hydrogens is 382 g/mol. The minimum atomic E-state index is -0.260. The van der Waals surface area contributed by atoms with Gasteiger partial charge in [-0.15, -0.1) is 0 Å². The summed E-state index contributed by atoms with van der Waals surface area (Å²) in [5.41, 5.74) is 2.29. The topological polar surface area (TPSA) is 83.8 Å². The van der Waals surface area contributed by atoms with Crippen molar-refractivity contribution in [3.8, 4) is 0 Å². The van der Waals surface area contributed by atoms with Gasteiger partial charge in [-0.05, 0) is 36.3 Å².